The number of fused-ring (bicyclic) bond motifs is 1. The van der Waals surface area contributed by atoms with Crippen molar-refractivity contribution in [2.75, 3.05) is 6.61 Å². The number of hydrogen-bond donors (Lipinski definition) is 5. The first kappa shape index (κ1) is 21.5. The monoisotopic (exact) mass is 427 g/mol. The van der Waals surface area contributed by atoms with Gasteiger partial charge >= 0.3 is 0 Å². The van der Waals surface area contributed by atoms with Crippen molar-refractivity contribution in [1.82, 2.24) is 4.98 Å². The van der Waals surface area contributed by atoms with Crippen molar-refractivity contribution in [3.8, 4) is 16.9 Å². The van der Waals surface area contributed by atoms with E-state index in [4.69, 9.17) is 9.47 Å². The van der Waals surface area contributed by atoms with Gasteiger partial charge in [-0.05, 0) is 65.8 Å². The van der Waals surface area contributed by atoms with E-state index in [0.717, 1.165) is 27.6 Å². The van der Waals surface area contributed by atoms with Gasteiger partial charge in [0.05, 0.1) is 6.61 Å². The maximum atomic E-state index is 12.1. The number of aromatic amines is 1. The van der Waals surface area contributed by atoms with Crippen molar-refractivity contribution in [3.63, 3.8) is 0 Å². The molecule has 0 aliphatic carbocycles. The third-order valence-electron chi connectivity index (χ3n) is 5.65. The number of aromatic nitrogens is 1. The Labute approximate surface area is 178 Å². The summed E-state index contributed by atoms with van der Waals surface area (Å²) in [7, 11) is 0. The van der Waals surface area contributed by atoms with E-state index in [0.29, 0.717) is 11.1 Å². The lowest BCUT2D eigenvalue weighted by Gasteiger charge is -2.39. The second-order valence-electron chi connectivity index (χ2n) is 7.86. The number of nitrogens with one attached hydrogen (secondary N) is 1. The van der Waals surface area contributed by atoms with Crippen LogP contribution < -0.4 is 10.3 Å². The highest BCUT2D eigenvalue weighted by Gasteiger charge is 2.44. The van der Waals surface area contributed by atoms with Crippen molar-refractivity contribution in [2.45, 2.75) is 44.6 Å². The molecule has 1 aromatic heterocycles. The first-order valence-electron chi connectivity index (χ1n) is 10.0. The molecule has 2 aromatic carbocycles. The van der Waals surface area contributed by atoms with Gasteiger partial charge in [0.15, 0.2) is 0 Å². The van der Waals surface area contributed by atoms with Crippen LogP contribution in [0.2, 0.25) is 0 Å². The fraction of sp³-hybridized carbons (Fsp3) is 0.348. The minimum absolute atomic E-state index is 0.157. The van der Waals surface area contributed by atoms with Crippen molar-refractivity contribution < 1.29 is 29.9 Å². The number of pyridine rings is 1. The smallest absolute Gasteiger partial charge is 0.255 e. The number of H-pyrrole nitrogens is 1. The summed E-state index contributed by atoms with van der Waals surface area (Å²) in [6.45, 7) is 3.15. The molecule has 31 heavy (non-hydrogen) atoms. The zero-order valence-corrected chi connectivity index (χ0v) is 17.1. The Bertz CT molecular complexity index is 1130. The van der Waals surface area contributed by atoms with Gasteiger partial charge in [0.1, 0.15) is 30.2 Å². The molecule has 0 saturated carbocycles. The molecule has 5 N–H and O–H groups in total. The van der Waals surface area contributed by atoms with Crippen LogP contribution in [0.1, 0.15) is 11.1 Å². The summed E-state index contributed by atoms with van der Waals surface area (Å²) in [6.07, 6.45) is -5.11. The fourth-order valence-electron chi connectivity index (χ4n) is 3.95. The maximum Gasteiger partial charge on any atom is 0.255 e. The fourth-order valence-corrected chi connectivity index (χ4v) is 3.95. The highest BCUT2D eigenvalue weighted by atomic mass is 16.7. The summed E-state index contributed by atoms with van der Waals surface area (Å²) in [5.41, 5.74) is 3.12. The van der Waals surface area contributed by atoms with E-state index in [2.05, 4.69) is 4.98 Å². The molecule has 1 aliphatic rings. The molecule has 1 saturated heterocycles. The molecule has 0 spiro atoms. The molecule has 0 radical (unpaired) electrons. The third kappa shape index (κ3) is 3.96. The van der Waals surface area contributed by atoms with E-state index in [1.54, 1.807) is 6.20 Å². The Morgan fingerprint density at radius 3 is 2.35 bits per heavy atom. The van der Waals surface area contributed by atoms with Gasteiger partial charge in [0.25, 0.3) is 5.56 Å². The molecular formula is C23H25NO7. The van der Waals surface area contributed by atoms with E-state index in [1.165, 1.54) is 0 Å². The number of aliphatic hydroxyl groups excluding tert-OH is 4. The van der Waals surface area contributed by atoms with Crippen LogP contribution in [0.4, 0.5) is 0 Å². The zero-order chi connectivity index (χ0) is 22.3. The van der Waals surface area contributed by atoms with Crippen LogP contribution in [0.25, 0.3) is 21.9 Å². The number of aliphatic hydroxyl groups is 4. The van der Waals surface area contributed by atoms with Gasteiger partial charge in [-0.15, -0.1) is 0 Å². The van der Waals surface area contributed by atoms with Crippen molar-refractivity contribution in [1.29, 1.82) is 0 Å². The molecule has 164 valence electrons. The Balaban J connectivity index is 1.65. The van der Waals surface area contributed by atoms with Crippen LogP contribution >= 0.6 is 0 Å². The molecule has 0 amide bonds. The Kier molecular flexibility index (Phi) is 5.83. The van der Waals surface area contributed by atoms with E-state index in [-0.39, 0.29) is 5.56 Å². The van der Waals surface area contributed by atoms with Crippen LogP contribution in [0.5, 0.6) is 5.75 Å². The molecule has 1 fully saturated rings. The molecule has 2 heterocycles. The molecule has 0 bridgehead atoms. The summed E-state index contributed by atoms with van der Waals surface area (Å²) in [4.78, 5) is 14.8. The molecule has 5 atom stereocenters. The van der Waals surface area contributed by atoms with Gasteiger partial charge in [0.2, 0.25) is 6.29 Å². The van der Waals surface area contributed by atoms with Crippen molar-refractivity contribution in [3.05, 3.63) is 64.1 Å². The third-order valence-corrected chi connectivity index (χ3v) is 5.65. The van der Waals surface area contributed by atoms with E-state index in [9.17, 15) is 25.2 Å². The van der Waals surface area contributed by atoms with Gasteiger partial charge in [-0.3, -0.25) is 4.79 Å². The van der Waals surface area contributed by atoms with Crippen LogP contribution in [-0.4, -0.2) is 62.7 Å². The highest BCUT2D eigenvalue weighted by Crippen LogP contribution is 2.33. The molecule has 8 heteroatoms. The minimum atomic E-state index is -1.51. The van der Waals surface area contributed by atoms with E-state index in [1.807, 2.05) is 50.2 Å². The predicted molar refractivity (Wildman–Crippen MR) is 114 cm³/mol. The first-order chi connectivity index (χ1) is 14.8. The van der Waals surface area contributed by atoms with Crippen molar-refractivity contribution in [2.24, 2.45) is 0 Å². The van der Waals surface area contributed by atoms with E-state index < -0.39 is 37.3 Å². The minimum Gasteiger partial charge on any atom is -0.461 e. The molecule has 8 nitrogen and oxygen atoms in total. The Morgan fingerprint density at radius 1 is 0.968 bits per heavy atom. The Hall–Kier alpha value is -2.75. The van der Waals surface area contributed by atoms with Gasteiger partial charge in [0, 0.05) is 11.6 Å². The summed E-state index contributed by atoms with van der Waals surface area (Å²) in [5.74, 6) is 0.465. The van der Waals surface area contributed by atoms with Crippen LogP contribution in [0.3, 0.4) is 0 Å². The topological polar surface area (TPSA) is 132 Å². The van der Waals surface area contributed by atoms with Crippen LogP contribution in [0.15, 0.2) is 47.4 Å². The predicted octanol–water partition coefficient (Wildman–Crippen LogP) is 0.991. The average molecular weight is 427 g/mol. The summed E-state index contributed by atoms with van der Waals surface area (Å²) >= 11 is 0. The lowest BCUT2D eigenvalue weighted by Crippen LogP contribution is -2.60. The second-order valence-corrected chi connectivity index (χ2v) is 7.86. The quantitative estimate of drug-likeness (QED) is 0.419. The normalized spacial score (nSPS) is 26.2. The average Bonchev–Trinajstić information content (AvgIpc) is 2.76. The zero-order valence-electron chi connectivity index (χ0n) is 17.1. The number of benzene rings is 2. The molecule has 0 unspecified atom stereocenters. The lowest BCUT2D eigenvalue weighted by molar-refractivity contribution is -0.277. The van der Waals surface area contributed by atoms with Gasteiger partial charge in [-0.25, -0.2) is 0 Å². The van der Waals surface area contributed by atoms with Gasteiger partial charge in [-0.1, -0.05) is 12.1 Å². The summed E-state index contributed by atoms with van der Waals surface area (Å²) in [5, 5.41) is 41.0. The highest BCUT2D eigenvalue weighted by molar-refractivity contribution is 5.86. The summed E-state index contributed by atoms with van der Waals surface area (Å²) in [6, 6.07) is 11.3. The number of hydrogen-bond acceptors (Lipinski definition) is 7. The lowest BCUT2D eigenvalue weighted by atomic mass is 9.97. The van der Waals surface area contributed by atoms with Crippen molar-refractivity contribution >= 4 is 10.8 Å². The standard InChI is InChI=1S/C23H25NO7/c1-11-7-15(14-4-3-13-5-6-24-22(29)16(13)9-14)8-12(2)21(11)31-23-20(28)19(27)18(26)17(10-25)30-23/h3-9,17-20,23,25-28H,10H2,1-2H3,(H,24,29)/t17-,18-,19+,20+,23-/m1/s1. The van der Waals surface area contributed by atoms with Crippen LogP contribution in [0, 0.1) is 13.8 Å². The SMILES string of the molecule is Cc1cc(-c2ccc3cc[nH]c(=O)c3c2)cc(C)c1O[C@H]1O[C@H](CO)[C@@H](O)[C@H](O)[C@@H]1O. The first-order valence-corrected chi connectivity index (χ1v) is 10.0. The summed E-state index contributed by atoms with van der Waals surface area (Å²) < 4.78 is 11.3. The number of rotatable bonds is 4. The maximum absolute atomic E-state index is 12.1. The van der Waals surface area contributed by atoms with E-state index >= 15 is 0 Å². The van der Waals surface area contributed by atoms with Gasteiger partial charge in [-0.2, -0.15) is 0 Å². The number of aryl methyl sites for hydroxylation is 2. The number of ether oxygens (including phenoxy) is 2. The molecule has 3 aromatic rings. The molecule has 4 rings (SSSR count). The molecule has 1 aliphatic heterocycles. The largest absolute Gasteiger partial charge is 0.461 e. The Morgan fingerprint density at radius 2 is 1.68 bits per heavy atom. The second kappa shape index (κ2) is 8.41. The van der Waals surface area contributed by atoms with Crippen LogP contribution in [-0.2, 0) is 4.74 Å². The van der Waals surface area contributed by atoms with Gasteiger partial charge < -0.3 is 34.9 Å². The molecular weight excluding hydrogens is 402 g/mol.